The van der Waals surface area contributed by atoms with Gasteiger partial charge in [-0.25, -0.2) is 4.98 Å². The lowest BCUT2D eigenvalue weighted by Gasteiger charge is -2.38. The van der Waals surface area contributed by atoms with Crippen LogP contribution in [0.5, 0.6) is 0 Å². The Morgan fingerprint density at radius 2 is 1.57 bits per heavy atom. The second-order valence-corrected chi connectivity index (χ2v) is 8.14. The molecule has 1 amide bonds. The predicted molar refractivity (Wildman–Crippen MR) is 114 cm³/mol. The highest BCUT2D eigenvalue weighted by Crippen LogP contribution is 2.26. The molecule has 1 saturated carbocycles. The molecule has 0 spiro atoms. The van der Waals surface area contributed by atoms with Crippen molar-refractivity contribution in [1.82, 2.24) is 14.8 Å². The fraction of sp³-hybridized carbons (Fsp3) is 0.478. The first kappa shape index (κ1) is 18.9. The molecule has 0 N–H and O–H groups in total. The second kappa shape index (κ2) is 8.31. The highest BCUT2D eigenvalue weighted by Gasteiger charge is 2.26. The molecule has 1 saturated heterocycles. The first-order valence-electron chi connectivity index (χ1n) is 10.4. The SMILES string of the molecule is CN(C)C(=O)c1ccc(-c2ccc(N3CCN(C4CCCC4)CC3)nc2)cc1. The predicted octanol–water partition coefficient (Wildman–Crippen LogP) is 3.52. The summed E-state index contributed by atoms with van der Waals surface area (Å²) >= 11 is 0. The molecule has 0 radical (unpaired) electrons. The van der Waals surface area contributed by atoms with Gasteiger partial charge in [0.1, 0.15) is 5.82 Å². The summed E-state index contributed by atoms with van der Waals surface area (Å²) in [5.41, 5.74) is 2.87. The Balaban J connectivity index is 1.38. The van der Waals surface area contributed by atoms with Gasteiger partial charge in [-0.05, 0) is 42.7 Å². The van der Waals surface area contributed by atoms with Crippen molar-refractivity contribution < 1.29 is 4.79 Å². The van der Waals surface area contributed by atoms with Crippen molar-refractivity contribution in [3.8, 4) is 11.1 Å². The summed E-state index contributed by atoms with van der Waals surface area (Å²) in [6, 6.07) is 12.8. The number of amides is 1. The maximum absolute atomic E-state index is 12.0. The Hall–Kier alpha value is -2.40. The van der Waals surface area contributed by atoms with Crippen LogP contribution in [0.2, 0.25) is 0 Å². The van der Waals surface area contributed by atoms with Crippen molar-refractivity contribution >= 4 is 11.7 Å². The normalized spacial score (nSPS) is 18.4. The molecule has 1 aromatic carbocycles. The van der Waals surface area contributed by atoms with Gasteiger partial charge >= 0.3 is 0 Å². The molecule has 2 fully saturated rings. The average Bonchev–Trinajstić information content (AvgIpc) is 3.28. The van der Waals surface area contributed by atoms with Gasteiger partial charge in [-0.15, -0.1) is 0 Å². The fourth-order valence-electron chi connectivity index (χ4n) is 4.39. The van der Waals surface area contributed by atoms with Crippen molar-refractivity contribution in [2.24, 2.45) is 0 Å². The number of pyridine rings is 1. The number of anilines is 1. The largest absolute Gasteiger partial charge is 0.354 e. The number of aromatic nitrogens is 1. The van der Waals surface area contributed by atoms with Crippen molar-refractivity contribution in [2.75, 3.05) is 45.2 Å². The lowest BCUT2D eigenvalue weighted by Crippen LogP contribution is -2.49. The van der Waals surface area contributed by atoms with Gasteiger partial charge in [-0.2, -0.15) is 0 Å². The van der Waals surface area contributed by atoms with Crippen LogP contribution < -0.4 is 4.90 Å². The molecule has 4 rings (SSSR count). The van der Waals surface area contributed by atoms with Gasteiger partial charge in [0.25, 0.3) is 5.91 Å². The minimum absolute atomic E-state index is 0.0248. The summed E-state index contributed by atoms with van der Waals surface area (Å²) in [6.07, 6.45) is 7.51. The Bertz CT molecular complexity index is 786. The van der Waals surface area contributed by atoms with E-state index in [2.05, 4.69) is 21.9 Å². The number of nitrogens with zero attached hydrogens (tertiary/aromatic N) is 4. The molecule has 5 nitrogen and oxygen atoms in total. The molecule has 0 atom stereocenters. The summed E-state index contributed by atoms with van der Waals surface area (Å²) < 4.78 is 0. The summed E-state index contributed by atoms with van der Waals surface area (Å²) in [5, 5.41) is 0. The molecule has 2 aromatic rings. The van der Waals surface area contributed by atoms with Crippen LogP contribution >= 0.6 is 0 Å². The van der Waals surface area contributed by atoms with Crippen LogP contribution in [0.1, 0.15) is 36.0 Å². The molecule has 2 heterocycles. The van der Waals surface area contributed by atoms with Crippen LogP contribution in [0.15, 0.2) is 42.6 Å². The third-order valence-corrected chi connectivity index (χ3v) is 6.10. The fourth-order valence-corrected chi connectivity index (χ4v) is 4.39. The smallest absolute Gasteiger partial charge is 0.253 e. The van der Waals surface area contributed by atoms with Gasteiger partial charge in [0.05, 0.1) is 0 Å². The minimum atomic E-state index is 0.0248. The summed E-state index contributed by atoms with van der Waals surface area (Å²) in [5.74, 6) is 1.09. The molecule has 1 aliphatic heterocycles. The summed E-state index contributed by atoms with van der Waals surface area (Å²) in [4.78, 5) is 23.4. The molecule has 1 aliphatic carbocycles. The van der Waals surface area contributed by atoms with E-state index >= 15 is 0 Å². The number of hydrogen-bond acceptors (Lipinski definition) is 4. The van der Waals surface area contributed by atoms with Crippen molar-refractivity contribution in [1.29, 1.82) is 0 Å². The van der Waals surface area contributed by atoms with Gasteiger partial charge in [-0.3, -0.25) is 9.69 Å². The molecular weight excluding hydrogens is 348 g/mol. The van der Waals surface area contributed by atoms with Gasteiger partial charge in [0, 0.05) is 63.6 Å². The lowest BCUT2D eigenvalue weighted by atomic mass is 10.1. The zero-order valence-corrected chi connectivity index (χ0v) is 17.0. The number of carbonyl (C=O) groups is 1. The van der Waals surface area contributed by atoms with E-state index in [1.807, 2.05) is 30.5 Å². The topological polar surface area (TPSA) is 39.7 Å². The first-order valence-corrected chi connectivity index (χ1v) is 10.4. The van der Waals surface area contributed by atoms with E-state index in [4.69, 9.17) is 4.98 Å². The molecule has 28 heavy (non-hydrogen) atoms. The molecule has 148 valence electrons. The van der Waals surface area contributed by atoms with Crippen LogP contribution in [0.4, 0.5) is 5.82 Å². The highest BCUT2D eigenvalue weighted by molar-refractivity contribution is 5.94. The molecule has 0 unspecified atom stereocenters. The third-order valence-electron chi connectivity index (χ3n) is 6.10. The van der Waals surface area contributed by atoms with Gasteiger partial charge in [0.15, 0.2) is 0 Å². The number of carbonyl (C=O) groups excluding carboxylic acids is 1. The van der Waals surface area contributed by atoms with Crippen molar-refractivity contribution in [3.63, 3.8) is 0 Å². The van der Waals surface area contributed by atoms with Crippen molar-refractivity contribution in [2.45, 2.75) is 31.7 Å². The van der Waals surface area contributed by atoms with E-state index < -0.39 is 0 Å². The quantitative estimate of drug-likeness (QED) is 0.816. The van der Waals surface area contributed by atoms with E-state index in [1.54, 1.807) is 19.0 Å². The van der Waals surface area contributed by atoms with Gasteiger partial charge in [-0.1, -0.05) is 25.0 Å². The first-order chi connectivity index (χ1) is 13.6. The molecule has 1 aromatic heterocycles. The molecule has 2 aliphatic rings. The van der Waals surface area contributed by atoms with Crippen molar-refractivity contribution in [3.05, 3.63) is 48.2 Å². The van der Waals surface area contributed by atoms with E-state index in [0.29, 0.717) is 5.56 Å². The molecule has 0 bridgehead atoms. The number of benzene rings is 1. The van der Waals surface area contributed by atoms with E-state index in [9.17, 15) is 4.79 Å². The Morgan fingerprint density at radius 3 is 2.14 bits per heavy atom. The Kier molecular flexibility index (Phi) is 5.62. The molecule has 5 heteroatoms. The van der Waals surface area contributed by atoms with Crippen LogP contribution in [0.25, 0.3) is 11.1 Å². The summed E-state index contributed by atoms with van der Waals surface area (Å²) in [6.45, 7) is 4.42. The second-order valence-electron chi connectivity index (χ2n) is 8.14. The maximum atomic E-state index is 12.0. The van der Waals surface area contributed by atoms with Crippen LogP contribution in [0, 0.1) is 0 Å². The Morgan fingerprint density at radius 1 is 0.929 bits per heavy atom. The summed E-state index contributed by atoms with van der Waals surface area (Å²) in [7, 11) is 3.54. The zero-order chi connectivity index (χ0) is 19.5. The lowest BCUT2D eigenvalue weighted by molar-refractivity contribution is 0.0827. The van der Waals surface area contributed by atoms with Gasteiger partial charge < -0.3 is 9.80 Å². The Labute approximate surface area is 168 Å². The van der Waals surface area contributed by atoms with Crippen LogP contribution in [0.3, 0.4) is 0 Å². The van der Waals surface area contributed by atoms with Gasteiger partial charge in [0.2, 0.25) is 0 Å². The highest BCUT2D eigenvalue weighted by atomic mass is 16.2. The monoisotopic (exact) mass is 378 g/mol. The minimum Gasteiger partial charge on any atom is -0.354 e. The third kappa shape index (κ3) is 4.04. The maximum Gasteiger partial charge on any atom is 0.253 e. The molecular formula is C23H30N4O. The average molecular weight is 379 g/mol. The standard InChI is InChI=1S/C23H30N4O/c1-25(2)23(28)19-9-7-18(8-10-19)20-11-12-22(24-17-20)27-15-13-26(14-16-27)21-5-3-4-6-21/h7-12,17,21H,3-6,13-16H2,1-2H3. The van der Waals surface area contributed by atoms with Crippen LogP contribution in [-0.4, -0.2) is 67.0 Å². The zero-order valence-electron chi connectivity index (χ0n) is 17.0. The van der Waals surface area contributed by atoms with E-state index in [1.165, 1.54) is 25.7 Å². The number of piperazine rings is 1. The van der Waals surface area contributed by atoms with E-state index in [-0.39, 0.29) is 5.91 Å². The number of rotatable bonds is 4. The van der Waals surface area contributed by atoms with Crippen LogP contribution in [-0.2, 0) is 0 Å². The van der Waals surface area contributed by atoms with E-state index in [0.717, 1.165) is 49.2 Å². The number of hydrogen-bond donors (Lipinski definition) is 0.